The number of primary amides is 1. The van der Waals surface area contributed by atoms with Gasteiger partial charge in [-0.15, -0.1) is 12.4 Å². The summed E-state index contributed by atoms with van der Waals surface area (Å²) in [7, 11) is 0. The molecule has 0 aliphatic carbocycles. The van der Waals surface area contributed by atoms with Crippen molar-refractivity contribution >= 4 is 47.4 Å². The van der Waals surface area contributed by atoms with E-state index in [1.54, 1.807) is 18.2 Å². The molecule has 5 N–H and O–H groups in total. The minimum atomic E-state index is -0.918. The highest BCUT2D eigenvalue weighted by molar-refractivity contribution is 6.35. The molecule has 112 valence electrons. The summed E-state index contributed by atoms with van der Waals surface area (Å²) < 4.78 is 0. The predicted molar refractivity (Wildman–Crippen MR) is 82.2 cm³/mol. The molecule has 1 aromatic carbocycles. The first-order chi connectivity index (χ1) is 8.90. The van der Waals surface area contributed by atoms with E-state index in [2.05, 4.69) is 5.32 Å². The monoisotopic (exact) mass is 339 g/mol. The topological polar surface area (TPSA) is 98.2 Å². The standard InChI is InChI=1S/C12H15Cl2N3O2.ClH/c13-8-2-1-7(9(14)5-8)3-4-17-12(19)10(15)6-11(16)18;/h1-2,5,10H,3-4,6,15H2,(H2,16,18)(H,17,19);1H. The van der Waals surface area contributed by atoms with Gasteiger partial charge in [0.2, 0.25) is 11.8 Å². The number of benzene rings is 1. The van der Waals surface area contributed by atoms with Gasteiger partial charge in [0.15, 0.2) is 0 Å². The van der Waals surface area contributed by atoms with Crippen molar-refractivity contribution in [3.8, 4) is 0 Å². The molecule has 0 aliphatic rings. The van der Waals surface area contributed by atoms with Crippen molar-refractivity contribution in [2.75, 3.05) is 6.54 Å². The minimum absolute atomic E-state index is 0. The fourth-order valence-corrected chi connectivity index (χ4v) is 1.99. The van der Waals surface area contributed by atoms with E-state index in [-0.39, 0.29) is 18.8 Å². The summed E-state index contributed by atoms with van der Waals surface area (Å²) in [4.78, 5) is 22.1. The van der Waals surface area contributed by atoms with Crippen LogP contribution < -0.4 is 16.8 Å². The molecule has 1 unspecified atom stereocenters. The molecular weight excluding hydrogens is 325 g/mol. The van der Waals surface area contributed by atoms with Crippen molar-refractivity contribution < 1.29 is 9.59 Å². The molecule has 0 spiro atoms. The van der Waals surface area contributed by atoms with Crippen molar-refractivity contribution in [1.29, 1.82) is 0 Å². The van der Waals surface area contributed by atoms with Gasteiger partial charge in [-0.3, -0.25) is 9.59 Å². The lowest BCUT2D eigenvalue weighted by molar-refractivity contribution is -0.126. The molecule has 0 heterocycles. The fraction of sp³-hybridized carbons (Fsp3) is 0.333. The van der Waals surface area contributed by atoms with E-state index in [9.17, 15) is 9.59 Å². The number of carbonyl (C=O) groups excluding carboxylic acids is 2. The largest absolute Gasteiger partial charge is 0.370 e. The maximum absolute atomic E-state index is 11.5. The molecule has 1 rings (SSSR count). The molecule has 20 heavy (non-hydrogen) atoms. The molecule has 1 aromatic rings. The molecule has 0 saturated carbocycles. The average Bonchev–Trinajstić information content (AvgIpc) is 2.30. The second-order valence-electron chi connectivity index (χ2n) is 4.05. The van der Waals surface area contributed by atoms with Gasteiger partial charge in [0.05, 0.1) is 12.5 Å². The Hall–Kier alpha value is -1.01. The van der Waals surface area contributed by atoms with Crippen LogP contribution in [0.3, 0.4) is 0 Å². The molecule has 0 bridgehead atoms. The lowest BCUT2D eigenvalue weighted by atomic mass is 10.1. The summed E-state index contributed by atoms with van der Waals surface area (Å²) in [6, 6.07) is 4.24. The van der Waals surface area contributed by atoms with Crippen molar-refractivity contribution in [2.24, 2.45) is 11.5 Å². The smallest absolute Gasteiger partial charge is 0.237 e. The first-order valence-corrected chi connectivity index (χ1v) is 6.41. The number of hydrogen-bond acceptors (Lipinski definition) is 3. The molecule has 0 radical (unpaired) electrons. The van der Waals surface area contributed by atoms with E-state index < -0.39 is 17.9 Å². The van der Waals surface area contributed by atoms with Crippen LogP contribution in [0.1, 0.15) is 12.0 Å². The van der Waals surface area contributed by atoms with Crippen molar-refractivity contribution in [2.45, 2.75) is 18.9 Å². The van der Waals surface area contributed by atoms with Gasteiger partial charge in [-0.25, -0.2) is 0 Å². The van der Waals surface area contributed by atoms with Crippen molar-refractivity contribution in [3.05, 3.63) is 33.8 Å². The van der Waals surface area contributed by atoms with E-state index in [0.717, 1.165) is 5.56 Å². The summed E-state index contributed by atoms with van der Waals surface area (Å²) in [6.07, 6.45) is 0.374. The van der Waals surface area contributed by atoms with Crippen LogP contribution in [0.5, 0.6) is 0 Å². The Bertz CT molecular complexity index is 483. The highest BCUT2D eigenvalue weighted by Gasteiger charge is 2.15. The fourth-order valence-electron chi connectivity index (χ4n) is 1.49. The summed E-state index contributed by atoms with van der Waals surface area (Å²) in [5.41, 5.74) is 11.3. The van der Waals surface area contributed by atoms with Gasteiger partial charge in [-0.05, 0) is 24.1 Å². The highest BCUT2D eigenvalue weighted by atomic mass is 35.5. The molecule has 0 fully saturated rings. The number of carbonyl (C=O) groups is 2. The summed E-state index contributed by atoms with van der Waals surface area (Å²) >= 11 is 11.8. The first kappa shape index (κ1) is 19.0. The van der Waals surface area contributed by atoms with Crippen molar-refractivity contribution in [1.82, 2.24) is 5.32 Å². The second kappa shape index (κ2) is 9.02. The van der Waals surface area contributed by atoms with Gasteiger partial charge in [-0.2, -0.15) is 0 Å². The van der Waals surface area contributed by atoms with Crippen molar-refractivity contribution in [3.63, 3.8) is 0 Å². The number of hydrogen-bond donors (Lipinski definition) is 3. The third-order valence-electron chi connectivity index (χ3n) is 2.47. The summed E-state index contributed by atoms with van der Waals surface area (Å²) in [5, 5.41) is 3.72. The Morgan fingerprint density at radius 2 is 1.95 bits per heavy atom. The number of nitrogens with two attached hydrogens (primary N) is 2. The molecule has 8 heteroatoms. The predicted octanol–water partition coefficient (Wildman–Crippen LogP) is 1.28. The lowest BCUT2D eigenvalue weighted by Crippen LogP contribution is -2.43. The average molecular weight is 341 g/mol. The lowest BCUT2D eigenvalue weighted by Gasteiger charge is -2.11. The zero-order valence-electron chi connectivity index (χ0n) is 10.6. The van der Waals surface area contributed by atoms with Gasteiger partial charge in [-0.1, -0.05) is 29.3 Å². The van der Waals surface area contributed by atoms with E-state index in [1.165, 1.54) is 0 Å². The van der Waals surface area contributed by atoms with Gasteiger partial charge in [0.1, 0.15) is 0 Å². The summed E-state index contributed by atoms with van der Waals surface area (Å²) in [6.45, 7) is 0.368. The minimum Gasteiger partial charge on any atom is -0.370 e. The van der Waals surface area contributed by atoms with E-state index in [0.29, 0.717) is 23.0 Å². The van der Waals surface area contributed by atoms with Crippen LogP contribution in [0.25, 0.3) is 0 Å². The molecule has 1 atom stereocenters. The van der Waals surface area contributed by atoms with E-state index >= 15 is 0 Å². The molecule has 0 aromatic heterocycles. The second-order valence-corrected chi connectivity index (χ2v) is 4.90. The van der Waals surface area contributed by atoms with Crippen LogP contribution in [-0.4, -0.2) is 24.4 Å². The Kier molecular flexibility index (Phi) is 8.57. The quantitative estimate of drug-likeness (QED) is 0.727. The Balaban J connectivity index is 0.00000361. The molecule has 5 nitrogen and oxygen atoms in total. The highest BCUT2D eigenvalue weighted by Crippen LogP contribution is 2.20. The SMILES string of the molecule is Cl.NC(=O)CC(N)C(=O)NCCc1ccc(Cl)cc1Cl. The molecule has 2 amide bonds. The van der Waals surface area contributed by atoms with Crippen LogP contribution in [0.15, 0.2) is 18.2 Å². The number of amides is 2. The summed E-state index contributed by atoms with van der Waals surface area (Å²) in [5.74, 6) is -1.02. The third-order valence-corrected chi connectivity index (χ3v) is 3.05. The zero-order chi connectivity index (χ0) is 14.4. The van der Waals surface area contributed by atoms with Gasteiger partial charge < -0.3 is 16.8 Å². The zero-order valence-corrected chi connectivity index (χ0v) is 12.9. The van der Waals surface area contributed by atoms with Crippen LogP contribution in [-0.2, 0) is 16.0 Å². The molecule has 0 saturated heterocycles. The Labute approximate surface area is 133 Å². The Morgan fingerprint density at radius 3 is 2.50 bits per heavy atom. The molecular formula is C12H16Cl3N3O2. The van der Waals surface area contributed by atoms with E-state index in [4.69, 9.17) is 34.7 Å². The molecule has 0 aliphatic heterocycles. The van der Waals surface area contributed by atoms with E-state index in [1.807, 2.05) is 0 Å². The van der Waals surface area contributed by atoms with Crippen LogP contribution in [0.4, 0.5) is 0 Å². The van der Waals surface area contributed by atoms with Crippen LogP contribution in [0, 0.1) is 0 Å². The van der Waals surface area contributed by atoms with Gasteiger partial charge in [0, 0.05) is 16.6 Å². The Morgan fingerprint density at radius 1 is 1.30 bits per heavy atom. The number of nitrogens with one attached hydrogen (secondary N) is 1. The van der Waals surface area contributed by atoms with Gasteiger partial charge >= 0.3 is 0 Å². The third kappa shape index (κ3) is 6.43. The maximum atomic E-state index is 11.5. The number of rotatable bonds is 6. The maximum Gasteiger partial charge on any atom is 0.237 e. The normalized spacial score (nSPS) is 11.3. The van der Waals surface area contributed by atoms with Crippen LogP contribution >= 0.6 is 35.6 Å². The first-order valence-electron chi connectivity index (χ1n) is 5.65. The van der Waals surface area contributed by atoms with Crippen LogP contribution in [0.2, 0.25) is 10.0 Å². The number of halogens is 3. The van der Waals surface area contributed by atoms with Gasteiger partial charge in [0.25, 0.3) is 0 Å².